The Labute approximate surface area is 377 Å². The Hall–Kier alpha value is -6.80. The molecule has 0 aliphatic carbocycles. The molecule has 338 valence electrons. The van der Waals surface area contributed by atoms with E-state index in [2.05, 4.69) is 9.97 Å². The lowest BCUT2D eigenvalue weighted by Gasteiger charge is -2.13. The molecule has 11 rings (SSSR count). The number of aromatic amines is 2. The predicted molar refractivity (Wildman–Crippen MR) is 243 cm³/mol. The van der Waals surface area contributed by atoms with Gasteiger partial charge in [-0.1, -0.05) is 48.5 Å². The number of hydrogen-bond donors (Lipinski definition) is 2. The fraction of sp³-hybridized carbons (Fsp3) is 0.333. The molecule has 7 aromatic rings. The summed E-state index contributed by atoms with van der Waals surface area (Å²) in [6.07, 6.45) is 0. The molecule has 0 amide bonds. The molecule has 4 aliphatic heterocycles. The molecule has 0 fully saturated rings. The second kappa shape index (κ2) is 19.4. The number of hydrogen-bond acceptors (Lipinski definition) is 16. The van der Waals surface area contributed by atoms with Crippen molar-refractivity contribution in [3.05, 3.63) is 72.8 Å². The number of ether oxygens (including phenoxy) is 10. The van der Waals surface area contributed by atoms with E-state index < -0.39 is 0 Å². The van der Waals surface area contributed by atoms with Crippen molar-refractivity contribution < 1.29 is 47.4 Å². The molecule has 7 heterocycles. The molecule has 0 unspecified atom stereocenters. The Morgan fingerprint density at radius 2 is 0.515 bits per heavy atom. The molecule has 4 aliphatic rings. The highest BCUT2D eigenvalue weighted by molar-refractivity contribution is 6.08. The quantitative estimate of drug-likeness (QED) is 0.167. The topological polar surface area (TPSA) is 201 Å². The summed E-state index contributed by atoms with van der Waals surface area (Å²) in [6, 6.07) is 23.4. The van der Waals surface area contributed by atoms with Crippen molar-refractivity contribution >= 4 is 44.1 Å². The number of benzene rings is 4. The maximum atomic E-state index is 6.32. The zero-order chi connectivity index (χ0) is 44.1. The molecule has 18 heteroatoms. The second-order valence-corrected chi connectivity index (χ2v) is 15.5. The molecular formula is C48H46N8O10. The molecule has 0 saturated carbocycles. The van der Waals surface area contributed by atoms with Crippen LogP contribution in [0.4, 0.5) is 0 Å². The van der Waals surface area contributed by atoms with Crippen LogP contribution in [0.3, 0.4) is 0 Å². The van der Waals surface area contributed by atoms with Gasteiger partial charge in [0.2, 0.25) is 0 Å². The first-order valence-corrected chi connectivity index (χ1v) is 22.1. The molecular weight excluding hydrogens is 849 g/mol. The zero-order valence-electron chi connectivity index (χ0n) is 36.0. The summed E-state index contributed by atoms with van der Waals surface area (Å²) < 4.78 is 59.5. The fourth-order valence-electron chi connectivity index (χ4n) is 8.08. The van der Waals surface area contributed by atoms with Crippen molar-refractivity contribution in [2.24, 2.45) is 0 Å². The first-order chi connectivity index (χ1) is 32.7. The van der Waals surface area contributed by atoms with E-state index in [0.717, 1.165) is 43.8 Å². The van der Waals surface area contributed by atoms with Gasteiger partial charge in [0.1, 0.15) is 49.0 Å². The lowest BCUT2D eigenvalue weighted by Crippen LogP contribution is -2.13. The number of nitrogens with zero attached hydrogens (tertiary/aromatic N) is 6. The highest BCUT2D eigenvalue weighted by atomic mass is 16.6. The van der Waals surface area contributed by atoms with Crippen LogP contribution in [-0.2, 0) is 28.4 Å². The van der Waals surface area contributed by atoms with E-state index in [9.17, 15) is 0 Å². The standard InChI is InChI=1S/C48H46N8O10/c1-2-6-30-29(5-1)41-49-42(30)52-46-35-27-39-40(66-24-20-62-16-12-58-11-15-61-19-23-65-39)28-36(35)48(56-46)54-44-32-8-4-3-7-31(32)43(50-44)53-47-34-26-38-37(25-33(34)45(51-41)55-47)63-21-17-59-13-9-57-10-14-60-18-22-64-38/h1-8,25-28H,9-24H2,(H2,49,50,51,52,53,54,55,56). The van der Waals surface area contributed by atoms with Crippen LogP contribution in [0, 0.1) is 0 Å². The number of aromatic nitrogens is 8. The molecule has 3 aromatic heterocycles. The molecule has 18 nitrogen and oxygen atoms in total. The van der Waals surface area contributed by atoms with Crippen LogP contribution in [0.15, 0.2) is 72.8 Å². The van der Waals surface area contributed by atoms with Gasteiger partial charge in [-0.25, -0.2) is 29.9 Å². The van der Waals surface area contributed by atoms with Crippen molar-refractivity contribution in [2.75, 3.05) is 106 Å². The van der Waals surface area contributed by atoms with Gasteiger partial charge in [-0.3, -0.25) is 0 Å². The van der Waals surface area contributed by atoms with Crippen LogP contribution in [0.1, 0.15) is 0 Å². The Morgan fingerprint density at radius 1 is 0.288 bits per heavy atom. The third kappa shape index (κ3) is 8.81. The lowest BCUT2D eigenvalue weighted by molar-refractivity contribution is 0.00708. The average Bonchev–Trinajstić information content (AvgIpc) is 4.06. The average molecular weight is 895 g/mol. The molecule has 0 atom stereocenters. The van der Waals surface area contributed by atoms with Crippen LogP contribution in [0.2, 0.25) is 0 Å². The van der Waals surface area contributed by atoms with Crippen molar-refractivity contribution in [1.82, 2.24) is 39.9 Å². The Bertz CT molecular complexity index is 2670. The predicted octanol–water partition coefficient (Wildman–Crippen LogP) is 6.51. The van der Waals surface area contributed by atoms with Gasteiger partial charge in [0.25, 0.3) is 0 Å². The van der Waals surface area contributed by atoms with Gasteiger partial charge in [-0.15, -0.1) is 0 Å². The Balaban J connectivity index is 1.13. The number of fused-ring (bicyclic) bond motifs is 22. The van der Waals surface area contributed by atoms with E-state index >= 15 is 0 Å². The van der Waals surface area contributed by atoms with Crippen LogP contribution >= 0.6 is 0 Å². The van der Waals surface area contributed by atoms with Gasteiger partial charge in [0.05, 0.1) is 79.3 Å². The van der Waals surface area contributed by atoms with E-state index in [1.54, 1.807) is 0 Å². The van der Waals surface area contributed by atoms with E-state index in [-0.39, 0.29) is 26.4 Å². The molecule has 2 N–H and O–H groups in total. The lowest BCUT2D eigenvalue weighted by atomic mass is 10.1. The van der Waals surface area contributed by atoms with E-state index in [1.807, 2.05) is 72.8 Å². The minimum absolute atomic E-state index is 0.290. The maximum absolute atomic E-state index is 6.32. The van der Waals surface area contributed by atoms with Crippen molar-refractivity contribution in [3.8, 4) is 68.5 Å². The summed E-state index contributed by atoms with van der Waals surface area (Å²) in [6.45, 7) is 6.28. The molecule has 0 saturated heterocycles. The number of rotatable bonds is 0. The van der Waals surface area contributed by atoms with E-state index in [0.29, 0.717) is 148 Å². The number of nitrogens with one attached hydrogen (secondary N) is 2. The van der Waals surface area contributed by atoms with Gasteiger partial charge in [0, 0.05) is 43.8 Å². The summed E-state index contributed by atoms with van der Waals surface area (Å²) in [7, 11) is 0. The number of H-pyrrole nitrogens is 2. The largest absolute Gasteiger partial charge is 0.487 e. The van der Waals surface area contributed by atoms with Gasteiger partial charge in [-0.05, 0) is 24.3 Å². The van der Waals surface area contributed by atoms with Crippen molar-refractivity contribution in [1.29, 1.82) is 0 Å². The van der Waals surface area contributed by atoms with Crippen LogP contribution < -0.4 is 18.9 Å². The molecule has 0 radical (unpaired) electrons. The molecule has 8 bridgehead atoms. The fourth-order valence-corrected chi connectivity index (χ4v) is 8.08. The maximum Gasteiger partial charge on any atom is 0.164 e. The van der Waals surface area contributed by atoms with Crippen molar-refractivity contribution in [2.45, 2.75) is 0 Å². The smallest absolute Gasteiger partial charge is 0.164 e. The highest BCUT2D eigenvalue weighted by Crippen LogP contribution is 2.41. The molecule has 4 aromatic carbocycles. The SMILES string of the molecule is c1ccc2c(c1)-c1nc-2nc2[nH]c(nc3nc(nc4[nH]c(n1)c1cc5c(cc41)OCCOCCOCCOCCO5)-c1ccccc1-3)c1cc3c(cc21)OCCOCCOCCOCCO3. The third-order valence-corrected chi connectivity index (χ3v) is 11.2. The van der Waals surface area contributed by atoms with Gasteiger partial charge < -0.3 is 57.3 Å². The minimum atomic E-state index is 0.290. The summed E-state index contributed by atoms with van der Waals surface area (Å²) in [5, 5.41) is 2.94. The summed E-state index contributed by atoms with van der Waals surface area (Å²) in [4.78, 5) is 38.0. The van der Waals surface area contributed by atoms with Crippen LogP contribution in [-0.4, -0.2) is 146 Å². The summed E-state index contributed by atoms with van der Waals surface area (Å²) in [5.74, 6) is 3.92. The van der Waals surface area contributed by atoms with E-state index in [1.165, 1.54) is 0 Å². The van der Waals surface area contributed by atoms with Gasteiger partial charge in [-0.2, -0.15) is 0 Å². The highest BCUT2D eigenvalue weighted by Gasteiger charge is 2.24. The normalized spacial score (nSPS) is 16.8. The summed E-state index contributed by atoms with van der Waals surface area (Å²) in [5.41, 5.74) is 5.27. The first-order valence-electron chi connectivity index (χ1n) is 22.1. The Kier molecular flexibility index (Phi) is 12.3. The van der Waals surface area contributed by atoms with Crippen LogP contribution in [0.5, 0.6) is 23.0 Å². The van der Waals surface area contributed by atoms with Crippen molar-refractivity contribution in [3.63, 3.8) is 0 Å². The zero-order valence-corrected chi connectivity index (χ0v) is 36.0. The van der Waals surface area contributed by atoms with E-state index in [4.69, 9.17) is 77.3 Å². The van der Waals surface area contributed by atoms with Crippen LogP contribution in [0.25, 0.3) is 89.7 Å². The first kappa shape index (κ1) is 41.9. The molecule has 66 heavy (non-hydrogen) atoms. The Morgan fingerprint density at radius 3 is 0.758 bits per heavy atom. The van der Waals surface area contributed by atoms with Gasteiger partial charge in [0.15, 0.2) is 46.3 Å². The minimum Gasteiger partial charge on any atom is -0.487 e. The van der Waals surface area contributed by atoms with Gasteiger partial charge >= 0.3 is 0 Å². The monoisotopic (exact) mass is 894 g/mol. The third-order valence-electron chi connectivity index (χ3n) is 11.2. The second-order valence-electron chi connectivity index (χ2n) is 15.5. The summed E-state index contributed by atoms with van der Waals surface area (Å²) >= 11 is 0. The molecule has 0 spiro atoms.